The minimum Gasteiger partial charge on any atom is -0.311 e. The molecule has 20 heavy (non-hydrogen) atoms. The molecule has 0 aromatic carbocycles. The highest BCUT2D eigenvalue weighted by molar-refractivity contribution is 6.31. The van der Waals surface area contributed by atoms with Crippen molar-refractivity contribution in [3.63, 3.8) is 0 Å². The van der Waals surface area contributed by atoms with Crippen LogP contribution in [0.15, 0.2) is 0 Å². The van der Waals surface area contributed by atoms with Crippen LogP contribution < -0.4 is 5.32 Å². The van der Waals surface area contributed by atoms with Crippen LogP contribution in [0.3, 0.4) is 0 Å². The Kier molecular flexibility index (Phi) is 3.59. The summed E-state index contributed by atoms with van der Waals surface area (Å²) in [6.45, 7) is 9.69. The molecule has 1 aliphatic carbocycles. The molecular weight excluding hydrogens is 272 g/mol. The highest BCUT2D eigenvalue weighted by atomic mass is 35.5. The van der Waals surface area contributed by atoms with E-state index < -0.39 is 0 Å². The van der Waals surface area contributed by atoms with E-state index in [1.54, 1.807) is 0 Å². The third-order valence-electron chi connectivity index (χ3n) is 5.08. The molecule has 3 rings (SSSR count). The van der Waals surface area contributed by atoms with Crippen molar-refractivity contribution in [3.8, 4) is 0 Å². The van der Waals surface area contributed by atoms with Crippen molar-refractivity contribution >= 4 is 11.6 Å². The summed E-state index contributed by atoms with van der Waals surface area (Å²) in [7, 11) is 1.99. The predicted octanol–water partition coefficient (Wildman–Crippen LogP) is 2.34. The van der Waals surface area contributed by atoms with Crippen LogP contribution in [0.25, 0.3) is 0 Å². The van der Waals surface area contributed by atoms with Crippen molar-refractivity contribution in [2.24, 2.45) is 13.0 Å². The summed E-state index contributed by atoms with van der Waals surface area (Å²) in [6.07, 6.45) is 2.72. The van der Waals surface area contributed by atoms with Gasteiger partial charge in [-0.05, 0) is 39.5 Å². The van der Waals surface area contributed by atoms with Crippen molar-refractivity contribution in [2.45, 2.75) is 51.7 Å². The maximum atomic E-state index is 6.43. The Morgan fingerprint density at radius 3 is 2.70 bits per heavy atom. The molecule has 0 radical (unpaired) electrons. The van der Waals surface area contributed by atoms with E-state index in [-0.39, 0.29) is 5.54 Å². The maximum Gasteiger partial charge on any atom is 0.0860 e. The number of nitrogens with zero attached hydrogens (tertiary/aromatic N) is 3. The third kappa shape index (κ3) is 2.38. The number of rotatable bonds is 3. The van der Waals surface area contributed by atoms with Crippen molar-refractivity contribution in [3.05, 3.63) is 16.4 Å². The van der Waals surface area contributed by atoms with Crippen molar-refractivity contribution in [1.82, 2.24) is 20.0 Å². The molecule has 2 atom stereocenters. The third-order valence-corrected chi connectivity index (χ3v) is 5.58. The fourth-order valence-corrected chi connectivity index (χ4v) is 3.70. The molecule has 2 aliphatic rings. The summed E-state index contributed by atoms with van der Waals surface area (Å²) in [6, 6.07) is 0.537. The summed E-state index contributed by atoms with van der Waals surface area (Å²) >= 11 is 6.43. The van der Waals surface area contributed by atoms with Crippen molar-refractivity contribution < 1.29 is 0 Å². The van der Waals surface area contributed by atoms with Gasteiger partial charge in [0, 0.05) is 38.3 Å². The van der Waals surface area contributed by atoms with Gasteiger partial charge in [0.05, 0.1) is 16.4 Å². The molecule has 112 valence electrons. The average Bonchev–Trinajstić information content (AvgIpc) is 3.20. The van der Waals surface area contributed by atoms with Crippen LogP contribution in [0.2, 0.25) is 5.02 Å². The van der Waals surface area contributed by atoms with E-state index in [0.717, 1.165) is 42.0 Å². The molecule has 1 aromatic rings. The minimum atomic E-state index is 0.258. The molecular formula is C15H25ClN4. The molecule has 1 aromatic heterocycles. The van der Waals surface area contributed by atoms with E-state index >= 15 is 0 Å². The molecule has 1 saturated carbocycles. The van der Waals surface area contributed by atoms with Gasteiger partial charge in [0.1, 0.15) is 0 Å². The summed E-state index contributed by atoms with van der Waals surface area (Å²) in [5, 5.41) is 8.92. The zero-order valence-corrected chi connectivity index (χ0v) is 13.7. The van der Waals surface area contributed by atoms with Crippen LogP contribution in [-0.2, 0) is 13.6 Å². The SMILES string of the molecule is Cc1nn(C)c(CN2CC(C)NCC2(C)C2CC2)c1Cl. The van der Waals surface area contributed by atoms with Crippen molar-refractivity contribution in [1.29, 1.82) is 0 Å². The lowest BCUT2D eigenvalue weighted by Gasteiger charge is -2.48. The standard InChI is InChI=1S/C15H25ClN4/c1-10-7-20(15(3,9-17-10)12-5-6-12)8-13-14(16)11(2)18-19(13)4/h10,12,17H,5-9H2,1-4H3. The van der Waals surface area contributed by atoms with E-state index in [0.29, 0.717) is 6.04 Å². The molecule has 1 saturated heterocycles. The van der Waals surface area contributed by atoms with Crippen molar-refractivity contribution in [2.75, 3.05) is 13.1 Å². The quantitative estimate of drug-likeness (QED) is 0.929. The van der Waals surface area contributed by atoms with Gasteiger partial charge in [-0.1, -0.05) is 11.6 Å². The highest BCUT2D eigenvalue weighted by Gasteiger charge is 2.47. The van der Waals surface area contributed by atoms with Crippen LogP contribution in [0.4, 0.5) is 0 Å². The van der Waals surface area contributed by atoms with Gasteiger partial charge in [-0.3, -0.25) is 9.58 Å². The van der Waals surface area contributed by atoms with Crippen LogP contribution in [0.1, 0.15) is 38.1 Å². The summed E-state index contributed by atoms with van der Waals surface area (Å²) in [5.41, 5.74) is 2.33. The van der Waals surface area contributed by atoms with E-state index in [1.807, 2.05) is 18.7 Å². The average molecular weight is 297 g/mol. The number of halogens is 1. The minimum absolute atomic E-state index is 0.258. The zero-order valence-electron chi connectivity index (χ0n) is 12.9. The van der Waals surface area contributed by atoms with Gasteiger partial charge in [-0.2, -0.15) is 5.10 Å². The molecule has 2 heterocycles. The lowest BCUT2D eigenvalue weighted by molar-refractivity contribution is 0.0293. The van der Waals surface area contributed by atoms with Gasteiger partial charge in [-0.15, -0.1) is 0 Å². The number of hydrogen-bond acceptors (Lipinski definition) is 3. The first kappa shape index (κ1) is 14.4. The van der Waals surface area contributed by atoms with Gasteiger partial charge in [0.2, 0.25) is 0 Å². The second kappa shape index (κ2) is 5.00. The largest absolute Gasteiger partial charge is 0.311 e. The zero-order chi connectivity index (χ0) is 14.5. The van der Waals surface area contributed by atoms with E-state index in [1.165, 1.54) is 12.8 Å². The molecule has 1 N–H and O–H groups in total. The molecule has 0 spiro atoms. The lowest BCUT2D eigenvalue weighted by Crippen LogP contribution is -2.63. The van der Waals surface area contributed by atoms with Crippen LogP contribution in [-0.4, -0.2) is 39.4 Å². The van der Waals surface area contributed by atoms with Gasteiger partial charge in [-0.25, -0.2) is 0 Å². The number of aryl methyl sites for hydroxylation is 2. The topological polar surface area (TPSA) is 33.1 Å². The molecule has 0 amide bonds. The van der Waals surface area contributed by atoms with Gasteiger partial charge >= 0.3 is 0 Å². The van der Waals surface area contributed by atoms with Crippen LogP contribution >= 0.6 is 11.6 Å². The fraction of sp³-hybridized carbons (Fsp3) is 0.800. The Morgan fingerprint density at radius 1 is 1.45 bits per heavy atom. The first-order valence-electron chi connectivity index (χ1n) is 7.58. The predicted molar refractivity (Wildman–Crippen MR) is 82.0 cm³/mol. The lowest BCUT2D eigenvalue weighted by atomic mass is 9.89. The Hall–Kier alpha value is -0.580. The number of hydrogen-bond donors (Lipinski definition) is 1. The molecule has 4 nitrogen and oxygen atoms in total. The second-order valence-electron chi connectivity index (χ2n) is 6.76. The number of piperazine rings is 1. The fourth-order valence-electron chi connectivity index (χ4n) is 3.48. The van der Waals surface area contributed by atoms with Crippen LogP contribution in [0.5, 0.6) is 0 Å². The number of aromatic nitrogens is 2. The monoisotopic (exact) mass is 296 g/mol. The summed E-state index contributed by atoms with van der Waals surface area (Å²) in [5.74, 6) is 0.829. The Bertz CT molecular complexity index is 508. The highest BCUT2D eigenvalue weighted by Crippen LogP contribution is 2.44. The maximum absolute atomic E-state index is 6.43. The Labute approximate surface area is 126 Å². The second-order valence-corrected chi connectivity index (χ2v) is 7.14. The number of nitrogens with one attached hydrogen (secondary N) is 1. The van der Waals surface area contributed by atoms with Gasteiger partial charge < -0.3 is 5.32 Å². The smallest absolute Gasteiger partial charge is 0.0860 e. The summed E-state index contributed by atoms with van der Waals surface area (Å²) < 4.78 is 1.94. The van der Waals surface area contributed by atoms with Crippen LogP contribution in [0, 0.1) is 12.8 Å². The van der Waals surface area contributed by atoms with E-state index in [2.05, 4.69) is 29.2 Å². The van der Waals surface area contributed by atoms with Gasteiger partial charge in [0.25, 0.3) is 0 Å². The van der Waals surface area contributed by atoms with E-state index in [4.69, 9.17) is 11.6 Å². The van der Waals surface area contributed by atoms with E-state index in [9.17, 15) is 0 Å². The molecule has 2 unspecified atom stereocenters. The molecule has 1 aliphatic heterocycles. The normalized spacial score (nSPS) is 31.8. The first-order valence-corrected chi connectivity index (χ1v) is 7.96. The molecule has 2 fully saturated rings. The van der Waals surface area contributed by atoms with Gasteiger partial charge in [0.15, 0.2) is 0 Å². The summed E-state index contributed by atoms with van der Waals surface area (Å²) in [4.78, 5) is 2.62. The first-order chi connectivity index (χ1) is 9.41. The molecule has 0 bridgehead atoms. The Morgan fingerprint density at radius 2 is 2.15 bits per heavy atom. The molecule has 5 heteroatoms. The Balaban J connectivity index is 1.86.